The Morgan fingerprint density at radius 2 is 1.50 bits per heavy atom. The van der Waals surface area contributed by atoms with Gasteiger partial charge in [0.25, 0.3) is 0 Å². The van der Waals surface area contributed by atoms with Crippen molar-refractivity contribution in [1.29, 1.82) is 0 Å². The summed E-state index contributed by atoms with van der Waals surface area (Å²) >= 11 is 0. The first-order valence-corrected chi connectivity index (χ1v) is 6.67. The summed E-state index contributed by atoms with van der Waals surface area (Å²) in [6.07, 6.45) is 4.47. The third-order valence-electron chi connectivity index (χ3n) is 3.65. The first-order chi connectivity index (χ1) is 10.5. The molecule has 1 aliphatic carbocycles. The number of aromatic nitrogens is 1. The van der Waals surface area contributed by atoms with Crippen LogP contribution in [0.3, 0.4) is 0 Å². The molecule has 0 radical (unpaired) electrons. The number of allylic oxidation sites excluding steroid dienone is 1. The number of hydrogen-bond donors (Lipinski definition) is 0. The summed E-state index contributed by atoms with van der Waals surface area (Å²) in [7, 11) is 0. The predicted molar refractivity (Wildman–Crippen MR) is 71.3 cm³/mol. The second-order valence-electron chi connectivity index (χ2n) is 5.02. The van der Waals surface area contributed by atoms with Crippen LogP contribution in [0.5, 0.6) is 0 Å². The monoisotopic (exact) mass is 311 g/mol. The number of fused-ring (bicyclic) bond motifs is 1. The molecule has 1 heterocycles. The van der Waals surface area contributed by atoms with E-state index in [1.54, 1.807) is 6.07 Å². The van der Waals surface area contributed by atoms with Gasteiger partial charge in [0.15, 0.2) is 23.3 Å². The molecule has 0 saturated carbocycles. The molecule has 6 heteroatoms. The summed E-state index contributed by atoms with van der Waals surface area (Å²) in [5, 5.41) is 0. The number of aryl methyl sites for hydroxylation is 1. The number of nitrogens with zero attached hydrogens (tertiary/aromatic N) is 1. The molecular weight excluding hydrogens is 301 g/mol. The van der Waals surface area contributed by atoms with Crippen molar-refractivity contribution in [2.24, 2.45) is 0 Å². The van der Waals surface area contributed by atoms with Crippen molar-refractivity contribution in [3.63, 3.8) is 0 Å². The first-order valence-electron chi connectivity index (χ1n) is 6.67. The van der Waals surface area contributed by atoms with E-state index in [1.807, 2.05) is 6.07 Å². The van der Waals surface area contributed by atoms with E-state index >= 15 is 0 Å². The van der Waals surface area contributed by atoms with Gasteiger partial charge < -0.3 is 0 Å². The van der Waals surface area contributed by atoms with E-state index in [1.165, 1.54) is 6.20 Å². The lowest BCUT2D eigenvalue weighted by Crippen LogP contribution is -2.07. The molecular formula is C16H10F5N. The van der Waals surface area contributed by atoms with Crippen LogP contribution in [-0.2, 0) is 6.42 Å². The minimum atomic E-state index is -2.15. The summed E-state index contributed by atoms with van der Waals surface area (Å²) in [6.45, 7) is 0. The molecule has 0 amide bonds. The van der Waals surface area contributed by atoms with E-state index in [0.29, 0.717) is 17.7 Å². The molecule has 0 saturated heterocycles. The third kappa shape index (κ3) is 2.28. The van der Waals surface area contributed by atoms with Crippen LogP contribution >= 0.6 is 0 Å². The molecule has 0 bridgehead atoms. The van der Waals surface area contributed by atoms with E-state index in [9.17, 15) is 22.0 Å². The Morgan fingerprint density at radius 3 is 2.18 bits per heavy atom. The average Bonchev–Trinajstić information content (AvgIpc) is 2.55. The number of pyridine rings is 1. The second kappa shape index (κ2) is 5.51. The Balaban J connectivity index is 2.19. The van der Waals surface area contributed by atoms with E-state index in [4.69, 9.17) is 0 Å². The normalized spacial score (nSPS) is 16.0. The van der Waals surface area contributed by atoms with Gasteiger partial charge in [-0.25, -0.2) is 22.0 Å². The minimum absolute atomic E-state index is 0.462. The fourth-order valence-electron chi connectivity index (χ4n) is 2.58. The molecule has 0 N–H and O–H groups in total. The van der Waals surface area contributed by atoms with Gasteiger partial charge in [0.05, 0.1) is 11.3 Å². The van der Waals surface area contributed by atoms with E-state index in [0.717, 1.165) is 24.5 Å². The van der Waals surface area contributed by atoms with Crippen LogP contribution in [0.4, 0.5) is 22.0 Å². The Morgan fingerprint density at radius 1 is 0.864 bits per heavy atom. The largest absolute Gasteiger partial charge is 0.256 e. The predicted octanol–water partition coefficient (Wildman–Crippen LogP) is 4.65. The molecule has 114 valence electrons. The van der Waals surface area contributed by atoms with Gasteiger partial charge >= 0.3 is 0 Å². The standard InChI is InChI=1S/C16H10F5N/c17-11-10(12(18)14(20)15(21)13(11)19)7-9-4-1-3-8-5-2-6-22-16(8)9/h2,5-7H,1,3-4H2/b9-7+. The molecule has 0 atom stereocenters. The zero-order valence-corrected chi connectivity index (χ0v) is 11.3. The minimum Gasteiger partial charge on any atom is -0.256 e. The number of benzene rings is 1. The smallest absolute Gasteiger partial charge is 0.200 e. The van der Waals surface area contributed by atoms with E-state index in [2.05, 4.69) is 4.98 Å². The van der Waals surface area contributed by atoms with Crippen LogP contribution in [0, 0.1) is 29.1 Å². The van der Waals surface area contributed by atoms with Crippen LogP contribution in [0.1, 0.15) is 29.7 Å². The van der Waals surface area contributed by atoms with Gasteiger partial charge in [0.1, 0.15) is 0 Å². The molecule has 1 aromatic heterocycles. The third-order valence-corrected chi connectivity index (χ3v) is 3.65. The summed E-state index contributed by atoms with van der Waals surface area (Å²) in [4.78, 5) is 4.14. The van der Waals surface area contributed by atoms with Gasteiger partial charge in [-0.05, 0) is 42.5 Å². The zero-order chi connectivity index (χ0) is 15.9. The fourth-order valence-corrected chi connectivity index (χ4v) is 2.58. The Labute approximate surface area is 123 Å². The molecule has 1 aromatic carbocycles. The lowest BCUT2D eigenvalue weighted by molar-refractivity contribution is 0.377. The Bertz CT molecular complexity index is 753. The maximum atomic E-state index is 13.7. The molecule has 0 spiro atoms. The lowest BCUT2D eigenvalue weighted by atomic mass is 9.90. The summed E-state index contributed by atoms with van der Waals surface area (Å²) in [6, 6.07) is 3.56. The van der Waals surface area contributed by atoms with Crippen molar-refractivity contribution in [2.75, 3.05) is 0 Å². The lowest BCUT2D eigenvalue weighted by Gasteiger charge is -2.18. The second-order valence-corrected chi connectivity index (χ2v) is 5.02. The van der Waals surface area contributed by atoms with Gasteiger partial charge in [-0.15, -0.1) is 0 Å². The van der Waals surface area contributed by atoms with Gasteiger partial charge in [-0.3, -0.25) is 4.98 Å². The van der Waals surface area contributed by atoms with Crippen molar-refractivity contribution < 1.29 is 22.0 Å². The van der Waals surface area contributed by atoms with Crippen molar-refractivity contribution in [3.05, 3.63) is 64.2 Å². The quantitative estimate of drug-likeness (QED) is 0.424. The number of hydrogen-bond acceptors (Lipinski definition) is 1. The van der Waals surface area contributed by atoms with Crippen LogP contribution in [0.2, 0.25) is 0 Å². The van der Waals surface area contributed by atoms with Crippen molar-refractivity contribution in [2.45, 2.75) is 19.3 Å². The maximum absolute atomic E-state index is 13.7. The van der Waals surface area contributed by atoms with Crippen LogP contribution < -0.4 is 0 Å². The number of rotatable bonds is 1. The molecule has 0 unspecified atom stereocenters. The average molecular weight is 311 g/mol. The van der Waals surface area contributed by atoms with Crippen molar-refractivity contribution in [3.8, 4) is 0 Å². The Kier molecular flexibility index (Phi) is 3.68. The molecule has 22 heavy (non-hydrogen) atoms. The molecule has 0 fully saturated rings. The Hall–Kier alpha value is -2.24. The van der Waals surface area contributed by atoms with Gasteiger partial charge in [0, 0.05) is 6.20 Å². The van der Waals surface area contributed by atoms with Crippen molar-refractivity contribution in [1.82, 2.24) is 4.98 Å². The highest BCUT2D eigenvalue weighted by Gasteiger charge is 2.25. The van der Waals surface area contributed by atoms with E-state index in [-0.39, 0.29) is 0 Å². The van der Waals surface area contributed by atoms with Gasteiger partial charge in [-0.1, -0.05) is 6.07 Å². The SMILES string of the molecule is Fc1c(F)c(F)c(/C=C2\CCCc3cccnc32)c(F)c1F. The molecule has 3 rings (SSSR count). The van der Waals surface area contributed by atoms with Crippen molar-refractivity contribution >= 4 is 11.6 Å². The topological polar surface area (TPSA) is 12.9 Å². The molecule has 0 aliphatic heterocycles. The molecule has 1 aliphatic rings. The van der Waals surface area contributed by atoms with E-state index < -0.39 is 34.6 Å². The summed E-state index contributed by atoms with van der Waals surface area (Å²) in [5.41, 5.74) is 0.969. The highest BCUT2D eigenvalue weighted by atomic mass is 19.2. The summed E-state index contributed by atoms with van der Waals surface area (Å²) in [5.74, 6) is -9.69. The highest BCUT2D eigenvalue weighted by Crippen LogP contribution is 2.33. The fraction of sp³-hybridized carbons (Fsp3) is 0.188. The van der Waals surface area contributed by atoms with Crippen LogP contribution in [-0.4, -0.2) is 4.98 Å². The highest BCUT2D eigenvalue weighted by molar-refractivity contribution is 5.82. The molecule has 2 aromatic rings. The van der Waals surface area contributed by atoms with Crippen LogP contribution in [0.15, 0.2) is 18.3 Å². The molecule has 1 nitrogen and oxygen atoms in total. The summed E-state index contributed by atoms with van der Waals surface area (Å²) < 4.78 is 67.0. The van der Waals surface area contributed by atoms with Gasteiger partial charge in [0.2, 0.25) is 5.82 Å². The zero-order valence-electron chi connectivity index (χ0n) is 11.3. The first kappa shape index (κ1) is 14.7. The van der Waals surface area contributed by atoms with Gasteiger partial charge in [-0.2, -0.15) is 0 Å². The maximum Gasteiger partial charge on any atom is 0.200 e. The number of halogens is 5. The van der Waals surface area contributed by atoms with Crippen LogP contribution in [0.25, 0.3) is 11.6 Å².